The molecule has 0 amide bonds. The van der Waals surface area contributed by atoms with Crippen LogP contribution in [0.2, 0.25) is 0 Å². The van der Waals surface area contributed by atoms with Gasteiger partial charge >= 0.3 is 6.18 Å². The summed E-state index contributed by atoms with van der Waals surface area (Å²) in [5, 5.41) is 18.6. The van der Waals surface area contributed by atoms with E-state index in [0.29, 0.717) is 10.8 Å². The Balaban J connectivity index is 2.53. The van der Waals surface area contributed by atoms with Crippen LogP contribution in [0.3, 0.4) is 0 Å². The molecule has 3 N–H and O–H groups in total. The Morgan fingerprint density at radius 1 is 1.38 bits per heavy atom. The Morgan fingerprint density at radius 3 is 2.52 bits per heavy atom. The lowest BCUT2D eigenvalue weighted by molar-refractivity contribution is -0.211. The number of aromatic nitrogens is 2. The molecule has 5 nitrogen and oxygen atoms in total. The molecule has 1 aromatic heterocycles. The van der Waals surface area contributed by atoms with Crippen LogP contribution < -0.4 is 0 Å². The number of hydrogen-bond donors (Lipinski definition) is 3. The summed E-state index contributed by atoms with van der Waals surface area (Å²) in [7, 11) is 0. The molecule has 11 heteroatoms. The third-order valence-electron chi connectivity index (χ3n) is 3.13. The Bertz CT molecular complexity index is 644. The first-order valence-electron chi connectivity index (χ1n) is 5.69. The lowest BCUT2D eigenvalue weighted by atomic mass is 9.99. The van der Waals surface area contributed by atoms with Crippen LogP contribution in [0.5, 0.6) is 0 Å². The topological polar surface area (TPSA) is 70.4 Å². The molecule has 0 aromatic carbocycles. The first-order valence-corrected chi connectivity index (χ1v) is 6.50. The van der Waals surface area contributed by atoms with Crippen molar-refractivity contribution in [2.75, 3.05) is 6.61 Å². The van der Waals surface area contributed by atoms with Crippen molar-refractivity contribution in [3.8, 4) is 0 Å². The number of rotatable bonds is 2. The molecule has 1 fully saturated rings. The van der Waals surface area contributed by atoms with E-state index in [0.717, 1.165) is 0 Å². The number of halogens is 4. The van der Waals surface area contributed by atoms with E-state index in [1.165, 1.54) is 0 Å². The molecule has 1 saturated heterocycles. The number of aliphatic hydroxyl groups excluding tert-OH is 2. The summed E-state index contributed by atoms with van der Waals surface area (Å²) >= 11 is 9.39. The predicted molar refractivity (Wildman–Crippen MR) is 67.0 cm³/mol. The number of alkyl halides is 3. The largest absolute Gasteiger partial charge is 0.398 e. The highest BCUT2D eigenvalue weighted by Gasteiger charge is 2.58. The third-order valence-corrected chi connectivity index (χ3v) is 3.74. The SMILES string of the molecule is OC[C@H]1O[C@@H](n2cc(F)c(=S)[nH]c2=S)[C@@H](C(F)(F)F)C1O. The zero-order valence-corrected chi connectivity index (χ0v) is 11.8. The monoisotopic (exact) mass is 346 g/mol. The Kier molecular flexibility index (Phi) is 4.49. The van der Waals surface area contributed by atoms with Crippen LogP contribution >= 0.6 is 24.4 Å². The molecule has 21 heavy (non-hydrogen) atoms. The van der Waals surface area contributed by atoms with E-state index in [1.807, 2.05) is 0 Å². The summed E-state index contributed by atoms with van der Waals surface area (Å²) in [6.07, 6.45) is -9.39. The fourth-order valence-electron chi connectivity index (χ4n) is 2.14. The van der Waals surface area contributed by atoms with Gasteiger partial charge in [-0.05, 0) is 12.2 Å². The minimum Gasteiger partial charge on any atom is -0.394 e. The lowest BCUT2D eigenvalue weighted by Gasteiger charge is -2.24. The van der Waals surface area contributed by atoms with Gasteiger partial charge in [-0.1, -0.05) is 12.2 Å². The Morgan fingerprint density at radius 2 is 2.00 bits per heavy atom. The van der Waals surface area contributed by atoms with E-state index in [1.54, 1.807) is 0 Å². The minimum atomic E-state index is -4.83. The average Bonchev–Trinajstić information content (AvgIpc) is 2.70. The van der Waals surface area contributed by atoms with Crippen LogP contribution in [0.4, 0.5) is 17.6 Å². The molecule has 0 spiro atoms. The van der Waals surface area contributed by atoms with Crippen LogP contribution in [-0.2, 0) is 4.74 Å². The molecule has 2 rings (SSSR count). The van der Waals surface area contributed by atoms with E-state index < -0.39 is 43.0 Å². The van der Waals surface area contributed by atoms with Gasteiger partial charge in [-0.15, -0.1) is 0 Å². The maximum Gasteiger partial charge on any atom is 0.398 e. The lowest BCUT2D eigenvalue weighted by Crippen LogP contribution is -2.39. The first kappa shape index (κ1) is 16.5. The molecule has 1 unspecified atom stereocenters. The molecule has 0 bridgehead atoms. The zero-order valence-electron chi connectivity index (χ0n) is 10.2. The number of H-pyrrole nitrogens is 1. The quantitative estimate of drug-likeness (QED) is 0.563. The highest BCUT2D eigenvalue weighted by atomic mass is 32.1. The summed E-state index contributed by atoms with van der Waals surface area (Å²) in [5.41, 5.74) is 0. The van der Waals surface area contributed by atoms with Crippen LogP contribution in [0, 0.1) is 21.1 Å². The number of aromatic amines is 1. The number of hydrogen-bond acceptors (Lipinski definition) is 5. The van der Waals surface area contributed by atoms with E-state index in [2.05, 4.69) is 17.2 Å². The van der Waals surface area contributed by atoms with E-state index in [-0.39, 0.29) is 9.41 Å². The van der Waals surface area contributed by atoms with Gasteiger partial charge in [0, 0.05) is 6.20 Å². The molecule has 0 aliphatic carbocycles. The molecule has 0 saturated carbocycles. The maximum absolute atomic E-state index is 13.5. The number of nitrogens with zero attached hydrogens (tertiary/aromatic N) is 1. The normalized spacial score (nSPS) is 29.8. The first-order chi connectivity index (χ1) is 9.66. The number of nitrogens with one attached hydrogen (secondary N) is 1. The van der Waals surface area contributed by atoms with Crippen molar-refractivity contribution < 1.29 is 32.5 Å². The van der Waals surface area contributed by atoms with Crippen LogP contribution in [0.15, 0.2) is 6.20 Å². The van der Waals surface area contributed by atoms with Gasteiger partial charge < -0.3 is 19.9 Å². The smallest absolute Gasteiger partial charge is 0.394 e. The van der Waals surface area contributed by atoms with Gasteiger partial charge in [0.15, 0.2) is 16.8 Å². The zero-order chi connectivity index (χ0) is 15.9. The van der Waals surface area contributed by atoms with Gasteiger partial charge in [0.25, 0.3) is 0 Å². The standard InChI is InChI=1S/C10H10F4N2O3S2/c11-3-1-16(9(21)15-7(3)20)8-5(10(12,13)14)6(18)4(2-17)19-8/h1,4-6,8,17-18H,2H2,(H,15,20,21)/t4-,5+,6?,8-/m1/s1. The van der Waals surface area contributed by atoms with E-state index in [9.17, 15) is 22.7 Å². The van der Waals surface area contributed by atoms with E-state index >= 15 is 0 Å². The molecule has 4 atom stereocenters. The van der Waals surface area contributed by atoms with Crippen LogP contribution in [0.25, 0.3) is 0 Å². The van der Waals surface area contributed by atoms with Gasteiger partial charge in [0.1, 0.15) is 16.7 Å². The Labute approximate surface area is 125 Å². The summed E-state index contributed by atoms with van der Waals surface area (Å²) in [4.78, 5) is 2.23. The molecule has 0 radical (unpaired) electrons. The summed E-state index contributed by atoms with van der Waals surface area (Å²) in [6.45, 7) is -0.817. The molecule has 1 aliphatic rings. The second-order valence-corrected chi connectivity index (χ2v) is 5.24. The fourth-order valence-corrected chi connectivity index (χ4v) is 2.61. The van der Waals surface area contributed by atoms with Crippen molar-refractivity contribution in [1.29, 1.82) is 0 Å². The number of ether oxygens (including phenoxy) is 1. The Hall–Kier alpha value is -0.880. The van der Waals surface area contributed by atoms with Gasteiger partial charge in [-0.2, -0.15) is 13.2 Å². The van der Waals surface area contributed by atoms with Gasteiger partial charge in [0.05, 0.1) is 12.7 Å². The summed E-state index contributed by atoms with van der Waals surface area (Å²) < 4.78 is 57.7. The highest BCUT2D eigenvalue weighted by molar-refractivity contribution is 7.72. The van der Waals surface area contributed by atoms with Crippen molar-refractivity contribution in [1.82, 2.24) is 9.55 Å². The van der Waals surface area contributed by atoms with Crippen molar-refractivity contribution in [3.63, 3.8) is 0 Å². The second-order valence-electron chi connectivity index (χ2n) is 4.45. The highest BCUT2D eigenvalue weighted by Crippen LogP contribution is 2.44. The summed E-state index contributed by atoms with van der Waals surface area (Å²) in [5.74, 6) is -3.34. The molecule has 1 aromatic rings. The number of aliphatic hydroxyl groups is 2. The molecular formula is C10H10F4N2O3S2. The van der Waals surface area contributed by atoms with Gasteiger partial charge in [0.2, 0.25) is 0 Å². The minimum absolute atomic E-state index is 0.286. The van der Waals surface area contributed by atoms with Crippen molar-refractivity contribution in [3.05, 3.63) is 21.4 Å². The fraction of sp³-hybridized carbons (Fsp3) is 0.600. The molecular weight excluding hydrogens is 336 g/mol. The van der Waals surface area contributed by atoms with Crippen molar-refractivity contribution >= 4 is 24.4 Å². The van der Waals surface area contributed by atoms with Crippen LogP contribution in [0.1, 0.15) is 6.23 Å². The predicted octanol–water partition coefficient (Wildman–Crippen LogP) is 1.84. The van der Waals surface area contributed by atoms with Crippen molar-refractivity contribution in [2.45, 2.75) is 24.6 Å². The third kappa shape index (κ3) is 3.01. The van der Waals surface area contributed by atoms with Crippen LogP contribution in [-0.4, -0.2) is 44.8 Å². The second kappa shape index (κ2) is 5.72. The molecule has 118 valence electrons. The average molecular weight is 346 g/mol. The van der Waals surface area contributed by atoms with Crippen molar-refractivity contribution in [2.24, 2.45) is 5.92 Å². The summed E-state index contributed by atoms with van der Waals surface area (Å²) in [6, 6.07) is 0. The van der Waals surface area contributed by atoms with Gasteiger partial charge in [-0.25, -0.2) is 4.39 Å². The maximum atomic E-state index is 13.5. The van der Waals surface area contributed by atoms with Gasteiger partial charge in [-0.3, -0.25) is 4.57 Å². The molecule has 2 heterocycles. The molecule has 1 aliphatic heterocycles. The van der Waals surface area contributed by atoms with E-state index in [4.69, 9.17) is 22.1 Å².